The summed E-state index contributed by atoms with van der Waals surface area (Å²) in [5.41, 5.74) is 2.23. The first-order valence-electron chi connectivity index (χ1n) is 6.54. The number of hydrogen-bond acceptors (Lipinski definition) is 4. The van der Waals surface area contributed by atoms with Crippen LogP contribution in [0.4, 0.5) is 11.4 Å². The Morgan fingerprint density at radius 2 is 2.21 bits per heavy atom. The van der Waals surface area contributed by atoms with Gasteiger partial charge in [0.1, 0.15) is 5.69 Å². The second kappa shape index (κ2) is 3.46. The summed E-state index contributed by atoms with van der Waals surface area (Å²) in [6, 6.07) is 3.31. The number of anilines is 1. The molecule has 2 aliphatic rings. The van der Waals surface area contributed by atoms with Crippen LogP contribution >= 0.6 is 0 Å². The predicted octanol–water partition coefficient (Wildman–Crippen LogP) is 2.46. The minimum atomic E-state index is -0.292. The minimum absolute atomic E-state index is 0.187. The number of rotatable bonds is 2. The SMILES string of the molecule is O=[N+]([O-])c1ccc2[nH]ncc2c1N1CCC2(CC2)C1. The van der Waals surface area contributed by atoms with Crippen LogP contribution in [0, 0.1) is 15.5 Å². The number of hydrogen-bond donors (Lipinski definition) is 1. The van der Waals surface area contributed by atoms with Gasteiger partial charge >= 0.3 is 0 Å². The number of fused-ring (bicyclic) bond motifs is 1. The zero-order valence-corrected chi connectivity index (χ0v) is 10.4. The fourth-order valence-electron chi connectivity index (χ4n) is 3.18. The predicted molar refractivity (Wildman–Crippen MR) is 71.2 cm³/mol. The van der Waals surface area contributed by atoms with Gasteiger partial charge in [-0.3, -0.25) is 15.2 Å². The number of aromatic amines is 1. The van der Waals surface area contributed by atoms with E-state index in [9.17, 15) is 10.1 Å². The Balaban J connectivity index is 1.88. The molecule has 1 aromatic carbocycles. The van der Waals surface area contributed by atoms with Crippen LogP contribution in [-0.2, 0) is 0 Å². The van der Waals surface area contributed by atoms with Gasteiger partial charge in [0, 0.05) is 19.2 Å². The highest BCUT2D eigenvalue weighted by atomic mass is 16.6. The third kappa shape index (κ3) is 1.52. The van der Waals surface area contributed by atoms with E-state index in [0.29, 0.717) is 5.41 Å². The Kier molecular flexibility index (Phi) is 1.97. The van der Waals surface area contributed by atoms with Gasteiger partial charge in [-0.1, -0.05) is 0 Å². The summed E-state index contributed by atoms with van der Waals surface area (Å²) in [5, 5.41) is 19.0. The third-order valence-corrected chi connectivity index (χ3v) is 4.48. The van der Waals surface area contributed by atoms with Crippen LogP contribution in [0.25, 0.3) is 10.9 Å². The highest BCUT2D eigenvalue weighted by Gasteiger charge is 2.48. The molecule has 19 heavy (non-hydrogen) atoms. The average molecular weight is 258 g/mol. The van der Waals surface area contributed by atoms with Crippen molar-refractivity contribution in [3.05, 3.63) is 28.4 Å². The number of benzene rings is 1. The zero-order chi connectivity index (χ0) is 13.0. The number of aromatic nitrogens is 2. The molecule has 1 spiro atoms. The van der Waals surface area contributed by atoms with Crippen LogP contribution < -0.4 is 4.90 Å². The lowest BCUT2D eigenvalue weighted by molar-refractivity contribution is -0.384. The van der Waals surface area contributed by atoms with Crippen LogP contribution in [0.15, 0.2) is 18.3 Å². The number of nitrogens with zero attached hydrogens (tertiary/aromatic N) is 3. The standard InChI is InChI=1S/C13H14N4O2/c18-17(19)11-2-1-10-9(7-14-15-10)12(11)16-6-5-13(8-16)3-4-13/h1-2,7H,3-6,8H2,(H,14,15). The molecule has 1 saturated heterocycles. The number of H-pyrrole nitrogens is 1. The van der Waals surface area contributed by atoms with E-state index in [2.05, 4.69) is 15.1 Å². The maximum absolute atomic E-state index is 11.3. The van der Waals surface area contributed by atoms with E-state index < -0.39 is 0 Å². The first-order chi connectivity index (χ1) is 9.19. The second-order valence-corrected chi connectivity index (χ2v) is 5.69. The van der Waals surface area contributed by atoms with Crippen molar-refractivity contribution in [2.75, 3.05) is 18.0 Å². The van der Waals surface area contributed by atoms with Crippen LogP contribution in [0.1, 0.15) is 19.3 Å². The lowest BCUT2D eigenvalue weighted by atomic mass is 10.1. The largest absolute Gasteiger partial charge is 0.365 e. The van der Waals surface area contributed by atoms with E-state index in [1.54, 1.807) is 18.3 Å². The average Bonchev–Trinajstić information content (AvgIpc) is 2.83. The maximum Gasteiger partial charge on any atom is 0.293 e. The molecule has 1 aromatic heterocycles. The van der Waals surface area contributed by atoms with Gasteiger partial charge < -0.3 is 4.90 Å². The van der Waals surface area contributed by atoms with Gasteiger partial charge in [-0.25, -0.2) is 0 Å². The molecular weight excluding hydrogens is 244 g/mol. The van der Waals surface area contributed by atoms with Crippen molar-refractivity contribution in [1.82, 2.24) is 10.2 Å². The summed E-state index contributed by atoms with van der Waals surface area (Å²) < 4.78 is 0. The normalized spacial score (nSPS) is 20.3. The van der Waals surface area contributed by atoms with Gasteiger partial charge in [0.25, 0.3) is 5.69 Å². The lowest BCUT2D eigenvalue weighted by Crippen LogP contribution is -2.21. The highest BCUT2D eigenvalue weighted by molar-refractivity contribution is 5.96. The fraction of sp³-hybridized carbons (Fsp3) is 0.462. The molecule has 0 unspecified atom stereocenters. The van der Waals surface area contributed by atoms with Crippen LogP contribution in [0.3, 0.4) is 0 Å². The van der Waals surface area contributed by atoms with Crippen LogP contribution in [0.2, 0.25) is 0 Å². The molecule has 6 nitrogen and oxygen atoms in total. The Morgan fingerprint density at radius 3 is 2.89 bits per heavy atom. The van der Waals surface area contributed by atoms with Gasteiger partial charge in [-0.15, -0.1) is 0 Å². The molecule has 1 saturated carbocycles. The summed E-state index contributed by atoms with van der Waals surface area (Å²) in [6.45, 7) is 1.85. The lowest BCUT2D eigenvalue weighted by Gasteiger charge is -2.19. The Morgan fingerprint density at radius 1 is 1.37 bits per heavy atom. The summed E-state index contributed by atoms with van der Waals surface area (Å²) in [7, 11) is 0. The molecule has 2 heterocycles. The maximum atomic E-state index is 11.3. The van der Waals surface area contributed by atoms with Gasteiger partial charge in [0.05, 0.1) is 22.0 Å². The van der Waals surface area contributed by atoms with Crippen molar-refractivity contribution in [3.63, 3.8) is 0 Å². The Bertz CT molecular complexity index is 674. The van der Waals surface area contributed by atoms with E-state index >= 15 is 0 Å². The molecule has 6 heteroatoms. The van der Waals surface area contributed by atoms with Crippen molar-refractivity contribution in [1.29, 1.82) is 0 Å². The monoisotopic (exact) mass is 258 g/mol. The second-order valence-electron chi connectivity index (χ2n) is 5.69. The zero-order valence-electron chi connectivity index (χ0n) is 10.4. The van der Waals surface area contributed by atoms with E-state index in [0.717, 1.165) is 36.1 Å². The smallest absolute Gasteiger partial charge is 0.293 e. The Hall–Kier alpha value is -2.11. The fourth-order valence-corrected chi connectivity index (χ4v) is 3.18. The number of nitrogens with one attached hydrogen (secondary N) is 1. The van der Waals surface area contributed by atoms with Crippen molar-refractivity contribution in [2.45, 2.75) is 19.3 Å². The van der Waals surface area contributed by atoms with Crippen LogP contribution in [-0.4, -0.2) is 28.2 Å². The summed E-state index contributed by atoms with van der Waals surface area (Å²) in [4.78, 5) is 13.1. The van der Waals surface area contributed by atoms with Gasteiger partial charge in [-0.2, -0.15) is 5.10 Å². The molecule has 0 radical (unpaired) electrons. The van der Waals surface area contributed by atoms with Crippen molar-refractivity contribution in [2.24, 2.45) is 5.41 Å². The van der Waals surface area contributed by atoms with Gasteiger partial charge in [0.2, 0.25) is 0 Å². The molecule has 98 valence electrons. The van der Waals surface area contributed by atoms with Gasteiger partial charge in [0.15, 0.2) is 0 Å². The van der Waals surface area contributed by atoms with Crippen LogP contribution in [0.5, 0.6) is 0 Å². The van der Waals surface area contributed by atoms with E-state index in [1.165, 1.54) is 12.8 Å². The molecule has 2 fully saturated rings. The molecular formula is C13H14N4O2. The molecule has 4 rings (SSSR count). The van der Waals surface area contributed by atoms with E-state index in [1.807, 2.05) is 0 Å². The molecule has 0 amide bonds. The third-order valence-electron chi connectivity index (χ3n) is 4.48. The molecule has 1 aliphatic heterocycles. The first kappa shape index (κ1) is 10.8. The topological polar surface area (TPSA) is 75.1 Å². The summed E-state index contributed by atoms with van der Waals surface area (Å²) in [6.07, 6.45) is 5.37. The number of nitro benzene ring substituents is 1. The highest BCUT2D eigenvalue weighted by Crippen LogP contribution is 2.54. The van der Waals surface area contributed by atoms with Crippen molar-refractivity contribution >= 4 is 22.3 Å². The number of nitro groups is 1. The summed E-state index contributed by atoms with van der Waals surface area (Å²) >= 11 is 0. The quantitative estimate of drug-likeness (QED) is 0.663. The molecule has 0 bridgehead atoms. The molecule has 1 N–H and O–H groups in total. The molecule has 1 aliphatic carbocycles. The molecule has 0 atom stereocenters. The first-order valence-corrected chi connectivity index (χ1v) is 6.54. The van der Waals surface area contributed by atoms with E-state index in [-0.39, 0.29) is 10.6 Å². The molecule has 2 aromatic rings. The van der Waals surface area contributed by atoms with Crippen molar-refractivity contribution < 1.29 is 4.92 Å². The minimum Gasteiger partial charge on any atom is -0.365 e. The Labute approximate surface area is 109 Å². The van der Waals surface area contributed by atoms with E-state index in [4.69, 9.17) is 0 Å². The van der Waals surface area contributed by atoms with Gasteiger partial charge in [-0.05, 0) is 30.7 Å². The van der Waals surface area contributed by atoms with Crippen molar-refractivity contribution in [3.8, 4) is 0 Å². The summed E-state index contributed by atoms with van der Waals surface area (Å²) in [5.74, 6) is 0.